The summed E-state index contributed by atoms with van der Waals surface area (Å²) >= 11 is 0. The Balaban J connectivity index is 2.16. The van der Waals surface area contributed by atoms with Gasteiger partial charge in [0.2, 0.25) is 0 Å². The van der Waals surface area contributed by atoms with E-state index in [1.807, 2.05) is 25.1 Å². The lowest BCUT2D eigenvalue weighted by molar-refractivity contribution is -0.0846. The van der Waals surface area contributed by atoms with Crippen LogP contribution in [0.15, 0.2) is 18.2 Å². The standard InChI is InChI=1S/C15H23NO2/c1-10-8-11(6-7-12(10)16)17-13-9-14(2,3)18-15(13,4)5/h6-8,13H,9,16H2,1-5H3. The highest BCUT2D eigenvalue weighted by Gasteiger charge is 2.47. The summed E-state index contributed by atoms with van der Waals surface area (Å²) in [5.41, 5.74) is 7.26. The third-order valence-electron chi connectivity index (χ3n) is 3.51. The number of rotatable bonds is 2. The van der Waals surface area contributed by atoms with Gasteiger partial charge in [0.15, 0.2) is 0 Å². The summed E-state index contributed by atoms with van der Waals surface area (Å²) in [6, 6.07) is 5.79. The molecule has 1 saturated heterocycles. The van der Waals surface area contributed by atoms with Gasteiger partial charge in [-0.1, -0.05) is 0 Å². The van der Waals surface area contributed by atoms with Crippen molar-refractivity contribution < 1.29 is 9.47 Å². The molecular weight excluding hydrogens is 226 g/mol. The predicted octanol–water partition coefficient (Wildman–Crippen LogP) is 3.30. The zero-order valence-corrected chi connectivity index (χ0v) is 11.9. The number of ether oxygens (including phenoxy) is 2. The molecule has 0 aliphatic carbocycles. The number of hydrogen-bond acceptors (Lipinski definition) is 3. The van der Waals surface area contributed by atoms with Crippen LogP contribution in [0.3, 0.4) is 0 Å². The summed E-state index contributed by atoms with van der Waals surface area (Å²) in [4.78, 5) is 0. The fraction of sp³-hybridized carbons (Fsp3) is 0.600. The number of aryl methyl sites for hydroxylation is 1. The highest BCUT2D eigenvalue weighted by Crippen LogP contribution is 2.39. The quantitative estimate of drug-likeness (QED) is 0.818. The van der Waals surface area contributed by atoms with Crippen molar-refractivity contribution >= 4 is 5.69 Å². The first-order valence-electron chi connectivity index (χ1n) is 6.43. The zero-order chi connectivity index (χ0) is 13.6. The maximum atomic E-state index is 6.08. The van der Waals surface area contributed by atoms with E-state index < -0.39 is 0 Å². The van der Waals surface area contributed by atoms with E-state index in [0.29, 0.717) is 0 Å². The van der Waals surface area contributed by atoms with Gasteiger partial charge in [-0.3, -0.25) is 0 Å². The Kier molecular flexibility index (Phi) is 3.06. The molecule has 0 amide bonds. The molecule has 1 atom stereocenters. The molecule has 3 nitrogen and oxygen atoms in total. The third-order valence-corrected chi connectivity index (χ3v) is 3.51. The van der Waals surface area contributed by atoms with Crippen LogP contribution in [-0.4, -0.2) is 17.3 Å². The summed E-state index contributed by atoms with van der Waals surface area (Å²) in [6.45, 7) is 10.4. The van der Waals surface area contributed by atoms with Crippen molar-refractivity contribution in [2.75, 3.05) is 5.73 Å². The van der Waals surface area contributed by atoms with Crippen LogP contribution in [0.25, 0.3) is 0 Å². The van der Waals surface area contributed by atoms with E-state index in [4.69, 9.17) is 15.2 Å². The van der Waals surface area contributed by atoms with Gasteiger partial charge in [-0.15, -0.1) is 0 Å². The number of anilines is 1. The normalized spacial score (nSPS) is 25.1. The Morgan fingerprint density at radius 2 is 1.94 bits per heavy atom. The van der Waals surface area contributed by atoms with Crippen LogP contribution in [0.1, 0.15) is 39.7 Å². The first-order chi connectivity index (χ1) is 8.20. The SMILES string of the molecule is Cc1cc(OC2CC(C)(C)OC2(C)C)ccc1N. The highest BCUT2D eigenvalue weighted by atomic mass is 16.6. The van der Waals surface area contributed by atoms with E-state index in [2.05, 4.69) is 27.7 Å². The molecule has 18 heavy (non-hydrogen) atoms. The minimum Gasteiger partial charge on any atom is -0.487 e. The van der Waals surface area contributed by atoms with Crippen LogP contribution in [0, 0.1) is 6.92 Å². The van der Waals surface area contributed by atoms with Crippen molar-refractivity contribution in [3.05, 3.63) is 23.8 Å². The topological polar surface area (TPSA) is 44.5 Å². The molecule has 2 N–H and O–H groups in total. The molecule has 0 spiro atoms. The minimum atomic E-state index is -0.265. The number of benzene rings is 1. The fourth-order valence-corrected chi connectivity index (χ4v) is 2.58. The van der Waals surface area contributed by atoms with Crippen LogP contribution in [0.5, 0.6) is 5.75 Å². The van der Waals surface area contributed by atoms with Crippen molar-refractivity contribution in [3.8, 4) is 5.75 Å². The molecule has 0 bridgehead atoms. The Hall–Kier alpha value is -1.22. The van der Waals surface area contributed by atoms with Gasteiger partial charge in [0, 0.05) is 12.1 Å². The second-order valence-electron chi connectivity index (χ2n) is 6.29. The van der Waals surface area contributed by atoms with E-state index in [9.17, 15) is 0 Å². The van der Waals surface area contributed by atoms with Gasteiger partial charge >= 0.3 is 0 Å². The zero-order valence-electron chi connectivity index (χ0n) is 11.9. The summed E-state index contributed by atoms with van der Waals surface area (Å²) < 4.78 is 12.1. The average molecular weight is 249 g/mol. The number of nitrogens with two attached hydrogens (primary N) is 1. The molecule has 1 aromatic rings. The van der Waals surface area contributed by atoms with E-state index >= 15 is 0 Å². The van der Waals surface area contributed by atoms with Crippen LogP contribution >= 0.6 is 0 Å². The monoisotopic (exact) mass is 249 g/mol. The Morgan fingerprint density at radius 3 is 2.44 bits per heavy atom. The second kappa shape index (κ2) is 4.16. The third kappa shape index (κ3) is 2.61. The molecule has 3 heteroatoms. The van der Waals surface area contributed by atoms with Crippen LogP contribution in [0.4, 0.5) is 5.69 Å². The second-order valence-corrected chi connectivity index (χ2v) is 6.29. The lowest BCUT2D eigenvalue weighted by atomic mass is 9.97. The first-order valence-corrected chi connectivity index (χ1v) is 6.43. The van der Waals surface area contributed by atoms with E-state index in [-0.39, 0.29) is 17.3 Å². The van der Waals surface area contributed by atoms with E-state index in [0.717, 1.165) is 23.4 Å². The van der Waals surface area contributed by atoms with Crippen LogP contribution in [0.2, 0.25) is 0 Å². The van der Waals surface area contributed by atoms with Crippen molar-refractivity contribution in [1.82, 2.24) is 0 Å². The molecule has 0 radical (unpaired) electrons. The molecule has 1 aromatic carbocycles. The Morgan fingerprint density at radius 1 is 1.28 bits per heavy atom. The van der Waals surface area contributed by atoms with Gasteiger partial charge in [0.05, 0.1) is 5.60 Å². The maximum absolute atomic E-state index is 6.08. The summed E-state index contributed by atoms with van der Waals surface area (Å²) in [5, 5.41) is 0. The van der Waals surface area contributed by atoms with Crippen LogP contribution in [-0.2, 0) is 4.74 Å². The molecule has 1 heterocycles. The summed E-state index contributed by atoms with van der Waals surface area (Å²) in [5.74, 6) is 0.862. The van der Waals surface area contributed by atoms with Gasteiger partial charge in [0.1, 0.15) is 17.5 Å². The summed E-state index contributed by atoms with van der Waals surface area (Å²) in [6.07, 6.45) is 0.958. The molecule has 1 unspecified atom stereocenters. The number of hydrogen-bond donors (Lipinski definition) is 1. The van der Waals surface area contributed by atoms with Crippen LogP contribution < -0.4 is 10.5 Å². The molecule has 1 fully saturated rings. The van der Waals surface area contributed by atoms with Crippen molar-refractivity contribution in [2.24, 2.45) is 0 Å². The first kappa shape index (κ1) is 13.2. The van der Waals surface area contributed by atoms with E-state index in [1.54, 1.807) is 0 Å². The Bertz CT molecular complexity index is 452. The lowest BCUT2D eigenvalue weighted by Gasteiger charge is -2.27. The predicted molar refractivity (Wildman–Crippen MR) is 73.9 cm³/mol. The Labute approximate surface area is 109 Å². The van der Waals surface area contributed by atoms with Gasteiger partial charge in [-0.25, -0.2) is 0 Å². The molecule has 0 aromatic heterocycles. The molecule has 100 valence electrons. The van der Waals surface area contributed by atoms with Crippen molar-refractivity contribution in [2.45, 2.75) is 58.3 Å². The maximum Gasteiger partial charge on any atom is 0.130 e. The van der Waals surface area contributed by atoms with E-state index in [1.165, 1.54) is 0 Å². The molecular formula is C15H23NO2. The molecule has 1 aliphatic rings. The molecule has 2 rings (SSSR count). The van der Waals surface area contributed by atoms with Crippen molar-refractivity contribution in [3.63, 3.8) is 0 Å². The molecule has 1 aliphatic heterocycles. The molecule has 0 saturated carbocycles. The summed E-state index contributed by atoms with van der Waals surface area (Å²) in [7, 11) is 0. The largest absolute Gasteiger partial charge is 0.487 e. The fourth-order valence-electron chi connectivity index (χ4n) is 2.58. The van der Waals surface area contributed by atoms with Gasteiger partial charge in [0.25, 0.3) is 0 Å². The average Bonchev–Trinajstić information content (AvgIpc) is 2.40. The lowest BCUT2D eigenvalue weighted by Crippen LogP contribution is -2.36. The minimum absolute atomic E-state index is 0.0653. The highest BCUT2D eigenvalue weighted by molar-refractivity contribution is 5.49. The van der Waals surface area contributed by atoms with Gasteiger partial charge in [-0.2, -0.15) is 0 Å². The van der Waals surface area contributed by atoms with Gasteiger partial charge < -0.3 is 15.2 Å². The number of nitrogen functional groups attached to an aromatic ring is 1. The van der Waals surface area contributed by atoms with Crippen molar-refractivity contribution in [1.29, 1.82) is 0 Å². The smallest absolute Gasteiger partial charge is 0.130 e. The van der Waals surface area contributed by atoms with Gasteiger partial charge in [-0.05, 0) is 58.4 Å².